The minimum atomic E-state index is -4.42. The van der Waals surface area contributed by atoms with E-state index in [0.29, 0.717) is 25.2 Å². The van der Waals surface area contributed by atoms with Gasteiger partial charge in [-0.1, -0.05) is 18.0 Å². The molecule has 0 spiro atoms. The minimum Gasteiger partial charge on any atom is -0.354 e. The van der Waals surface area contributed by atoms with Crippen molar-refractivity contribution in [2.75, 3.05) is 19.6 Å². The predicted molar refractivity (Wildman–Crippen MR) is 91.2 cm³/mol. The second-order valence-electron chi connectivity index (χ2n) is 6.31. The first kappa shape index (κ1) is 20.0. The van der Waals surface area contributed by atoms with Crippen molar-refractivity contribution in [1.29, 1.82) is 0 Å². The van der Waals surface area contributed by atoms with Gasteiger partial charge in [0.05, 0.1) is 5.56 Å². The van der Waals surface area contributed by atoms with Crippen LogP contribution in [0.2, 0.25) is 5.02 Å². The van der Waals surface area contributed by atoms with E-state index in [2.05, 4.69) is 10.2 Å². The summed E-state index contributed by atoms with van der Waals surface area (Å²) in [7, 11) is 0. The molecule has 1 unspecified atom stereocenters. The molecular weight excluding hydrogens is 355 g/mol. The normalized spacial score (nSPS) is 19.0. The third-order valence-corrected chi connectivity index (χ3v) is 4.54. The molecule has 4 nitrogen and oxygen atoms in total. The Balaban J connectivity index is 2.05. The molecule has 1 atom stereocenters. The molecule has 1 amide bonds. The summed E-state index contributed by atoms with van der Waals surface area (Å²) in [5, 5.41) is 2.93. The number of hydrogen-bond donors (Lipinski definition) is 2. The van der Waals surface area contributed by atoms with Crippen LogP contribution in [0.15, 0.2) is 18.2 Å². The summed E-state index contributed by atoms with van der Waals surface area (Å²) >= 11 is 5.86. The van der Waals surface area contributed by atoms with Crippen LogP contribution in [0, 0.1) is 0 Å². The smallest absolute Gasteiger partial charge is 0.354 e. The number of halogens is 4. The van der Waals surface area contributed by atoms with Gasteiger partial charge >= 0.3 is 6.18 Å². The predicted octanol–water partition coefficient (Wildman–Crippen LogP) is 3.18. The number of piperidine rings is 1. The summed E-state index contributed by atoms with van der Waals surface area (Å²) in [5.74, 6) is -0.102. The summed E-state index contributed by atoms with van der Waals surface area (Å²) in [5.41, 5.74) is 5.15. The maximum atomic E-state index is 13.0. The monoisotopic (exact) mass is 377 g/mol. The highest BCUT2D eigenvalue weighted by atomic mass is 35.5. The summed E-state index contributed by atoms with van der Waals surface area (Å²) in [6.07, 6.45) is -1.22. The Labute approximate surface area is 150 Å². The lowest BCUT2D eigenvalue weighted by molar-refractivity contribution is -0.137. The fourth-order valence-electron chi connectivity index (χ4n) is 3.09. The van der Waals surface area contributed by atoms with Crippen molar-refractivity contribution in [3.05, 3.63) is 34.3 Å². The van der Waals surface area contributed by atoms with E-state index in [9.17, 15) is 18.0 Å². The first-order valence-electron chi connectivity index (χ1n) is 8.37. The zero-order valence-electron chi connectivity index (χ0n) is 13.9. The van der Waals surface area contributed by atoms with Crippen LogP contribution in [0.4, 0.5) is 13.2 Å². The molecule has 140 valence electrons. The molecule has 25 heavy (non-hydrogen) atoms. The van der Waals surface area contributed by atoms with Crippen molar-refractivity contribution in [3.8, 4) is 0 Å². The van der Waals surface area contributed by atoms with Gasteiger partial charge in [-0.2, -0.15) is 13.2 Å². The van der Waals surface area contributed by atoms with Gasteiger partial charge < -0.3 is 11.1 Å². The van der Waals surface area contributed by atoms with Crippen LogP contribution in [0.1, 0.15) is 36.8 Å². The van der Waals surface area contributed by atoms with Gasteiger partial charge in [0.25, 0.3) is 0 Å². The van der Waals surface area contributed by atoms with Crippen molar-refractivity contribution < 1.29 is 18.0 Å². The quantitative estimate of drug-likeness (QED) is 0.800. The standard InChI is InChI=1S/C17H23ClF3N3O/c18-14-8-12(7-13(9-14)17(19,20)21)11-24-6-2-1-3-15(24)10-23-16(25)4-5-22/h7-9,15H,1-6,10-11,22H2,(H,23,25). The van der Waals surface area contributed by atoms with E-state index in [1.165, 1.54) is 0 Å². The first-order valence-corrected chi connectivity index (χ1v) is 8.75. The summed E-state index contributed by atoms with van der Waals surface area (Å²) in [6.45, 7) is 1.93. The molecule has 0 saturated carbocycles. The number of amides is 1. The van der Waals surface area contributed by atoms with Gasteiger partial charge in [0.1, 0.15) is 0 Å². The molecule has 1 aliphatic heterocycles. The van der Waals surface area contributed by atoms with Crippen molar-refractivity contribution in [1.82, 2.24) is 10.2 Å². The number of carbonyl (C=O) groups excluding carboxylic acids is 1. The highest BCUT2D eigenvalue weighted by Crippen LogP contribution is 2.32. The SMILES string of the molecule is NCCC(=O)NCC1CCCCN1Cc1cc(Cl)cc(C(F)(F)F)c1. The van der Waals surface area contributed by atoms with Crippen LogP contribution < -0.4 is 11.1 Å². The number of nitrogens with one attached hydrogen (secondary N) is 1. The topological polar surface area (TPSA) is 58.4 Å². The Bertz CT molecular complexity index is 595. The second-order valence-corrected chi connectivity index (χ2v) is 6.75. The zero-order valence-corrected chi connectivity index (χ0v) is 14.7. The Kier molecular flexibility index (Phi) is 7.10. The molecular formula is C17H23ClF3N3O. The maximum Gasteiger partial charge on any atom is 0.416 e. The van der Waals surface area contributed by atoms with E-state index >= 15 is 0 Å². The number of nitrogens with zero attached hydrogens (tertiary/aromatic N) is 1. The zero-order chi connectivity index (χ0) is 18.4. The molecule has 8 heteroatoms. The lowest BCUT2D eigenvalue weighted by Crippen LogP contribution is -2.46. The van der Waals surface area contributed by atoms with Crippen LogP contribution in [-0.2, 0) is 17.5 Å². The molecule has 0 aromatic heterocycles. The van der Waals surface area contributed by atoms with Gasteiger partial charge in [0.15, 0.2) is 0 Å². The fourth-order valence-corrected chi connectivity index (χ4v) is 3.35. The molecule has 1 saturated heterocycles. The summed E-state index contributed by atoms with van der Waals surface area (Å²) in [4.78, 5) is 13.7. The molecule has 1 fully saturated rings. The third kappa shape index (κ3) is 6.17. The Morgan fingerprint density at radius 1 is 1.32 bits per heavy atom. The Morgan fingerprint density at radius 3 is 2.76 bits per heavy atom. The van der Waals surface area contributed by atoms with Gasteiger partial charge in [-0.25, -0.2) is 0 Å². The molecule has 2 rings (SSSR count). The molecule has 1 heterocycles. The average molecular weight is 378 g/mol. The number of hydrogen-bond acceptors (Lipinski definition) is 3. The van der Waals surface area contributed by atoms with Crippen LogP contribution in [0.25, 0.3) is 0 Å². The fraction of sp³-hybridized carbons (Fsp3) is 0.588. The van der Waals surface area contributed by atoms with E-state index in [1.807, 2.05) is 0 Å². The Morgan fingerprint density at radius 2 is 2.08 bits per heavy atom. The first-order chi connectivity index (χ1) is 11.8. The van der Waals surface area contributed by atoms with Gasteiger partial charge in [-0.05, 0) is 43.1 Å². The lowest BCUT2D eigenvalue weighted by atomic mass is 10.0. The van der Waals surface area contributed by atoms with E-state index in [4.69, 9.17) is 17.3 Å². The maximum absolute atomic E-state index is 13.0. The van der Waals surface area contributed by atoms with Crippen LogP contribution >= 0.6 is 11.6 Å². The van der Waals surface area contributed by atoms with Crippen molar-refractivity contribution in [2.45, 2.75) is 44.4 Å². The number of alkyl halides is 3. The highest BCUT2D eigenvalue weighted by molar-refractivity contribution is 6.30. The number of rotatable bonds is 6. The second kappa shape index (κ2) is 8.87. The molecule has 3 N–H and O–H groups in total. The Hall–Kier alpha value is -1.31. The van der Waals surface area contributed by atoms with E-state index < -0.39 is 11.7 Å². The van der Waals surface area contributed by atoms with E-state index in [1.54, 1.807) is 6.07 Å². The van der Waals surface area contributed by atoms with Crippen LogP contribution in [-0.4, -0.2) is 36.5 Å². The largest absolute Gasteiger partial charge is 0.416 e. The molecule has 0 radical (unpaired) electrons. The van der Waals surface area contributed by atoms with Gasteiger partial charge in [-0.3, -0.25) is 9.69 Å². The molecule has 1 aliphatic rings. The van der Waals surface area contributed by atoms with Gasteiger partial charge in [0.2, 0.25) is 5.91 Å². The molecule has 1 aromatic rings. The van der Waals surface area contributed by atoms with Crippen molar-refractivity contribution in [2.24, 2.45) is 5.73 Å². The third-order valence-electron chi connectivity index (χ3n) is 4.33. The van der Waals surface area contributed by atoms with Gasteiger partial charge in [0, 0.05) is 37.1 Å². The van der Waals surface area contributed by atoms with Gasteiger partial charge in [-0.15, -0.1) is 0 Å². The lowest BCUT2D eigenvalue weighted by Gasteiger charge is -2.36. The van der Waals surface area contributed by atoms with E-state index in [-0.39, 0.29) is 23.4 Å². The number of nitrogens with two attached hydrogens (primary N) is 1. The molecule has 1 aromatic carbocycles. The number of benzene rings is 1. The highest BCUT2D eigenvalue weighted by Gasteiger charge is 2.31. The van der Waals surface area contributed by atoms with Crippen LogP contribution in [0.5, 0.6) is 0 Å². The van der Waals surface area contributed by atoms with Crippen LogP contribution in [0.3, 0.4) is 0 Å². The minimum absolute atomic E-state index is 0.0784. The van der Waals surface area contributed by atoms with Crippen molar-refractivity contribution in [3.63, 3.8) is 0 Å². The van der Waals surface area contributed by atoms with Crippen molar-refractivity contribution >= 4 is 17.5 Å². The molecule has 0 bridgehead atoms. The van der Waals surface area contributed by atoms with E-state index in [0.717, 1.165) is 37.9 Å². The molecule has 0 aliphatic carbocycles. The number of carbonyl (C=O) groups is 1. The average Bonchev–Trinajstić information content (AvgIpc) is 2.53. The number of likely N-dealkylation sites (tertiary alicyclic amines) is 1. The summed E-state index contributed by atoms with van der Waals surface area (Å²) < 4.78 is 38.9. The summed E-state index contributed by atoms with van der Waals surface area (Å²) in [6, 6.07) is 3.75.